The van der Waals surface area contributed by atoms with E-state index in [9.17, 15) is 8.78 Å². The van der Waals surface area contributed by atoms with Gasteiger partial charge < -0.3 is 9.15 Å². The van der Waals surface area contributed by atoms with E-state index in [2.05, 4.69) is 37.0 Å². The van der Waals surface area contributed by atoms with E-state index < -0.39 is 12.3 Å². The molecule has 154 valence electrons. The van der Waals surface area contributed by atoms with Crippen molar-refractivity contribution in [3.05, 3.63) is 83.0 Å². The summed E-state index contributed by atoms with van der Waals surface area (Å²) in [7, 11) is 0. The Morgan fingerprint density at radius 1 is 1.00 bits per heavy atom. The molecule has 4 aromatic rings. The molecule has 0 amide bonds. The zero-order valence-electron chi connectivity index (χ0n) is 15.7. The maximum atomic E-state index is 12.6. The lowest BCUT2D eigenvalue weighted by atomic mass is 10.2. The third-order valence-corrected chi connectivity index (χ3v) is 4.08. The second-order valence-corrected chi connectivity index (χ2v) is 6.49. The average Bonchev–Trinajstić information content (AvgIpc) is 3.28. The molecule has 0 aliphatic rings. The molecule has 4 rings (SSSR count). The van der Waals surface area contributed by atoms with Gasteiger partial charge in [-0.25, -0.2) is 4.98 Å². The molecule has 0 fully saturated rings. The zero-order chi connectivity index (χ0) is 21.6. The van der Waals surface area contributed by atoms with E-state index >= 15 is 0 Å². The molecule has 0 aromatic carbocycles. The van der Waals surface area contributed by atoms with Crippen molar-refractivity contribution < 1.29 is 17.9 Å². The highest BCUT2D eigenvalue weighted by atomic mass is 35.5. The lowest BCUT2D eigenvalue weighted by Gasteiger charge is -2.06. The number of halogens is 3. The van der Waals surface area contributed by atoms with Crippen molar-refractivity contribution in [2.75, 3.05) is 0 Å². The lowest BCUT2D eigenvalue weighted by molar-refractivity contribution is 0.116. The Bertz CT molecular complexity index is 1250. The molecule has 0 unspecified atom stereocenters. The normalized spacial score (nSPS) is 10.6. The van der Waals surface area contributed by atoms with E-state index in [1.807, 2.05) is 0 Å². The number of alkyl halides is 2. The predicted octanol–water partition coefficient (Wildman–Crippen LogP) is 4.49. The highest BCUT2D eigenvalue weighted by Crippen LogP contribution is 2.23. The van der Waals surface area contributed by atoms with Gasteiger partial charge in [0, 0.05) is 29.7 Å². The quantitative estimate of drug-likeness (QED) is 0.334. The molecular weight excluding hydrogens is 428 g/mol. The first-order valence-corrected chi connectivity index (χ1v) is 9.23. The summed E-state index contributed by atoms with van der Waals surface area (Å²) in [5.41, 5.74) is 2.44. The molecule has 10 heteroatoms. The van der Waals surface area contributed by atoms with Crippen LogP contribution in [0.5, 0.6) is 5.75 Å². The van der Waals surface area contributed by atoms with Crippen LogP contribution in [-0.4, -0.2) is 25.1 Å². The third kappa shape index (κ3) is 5.38. The number of hydrogen-bond donors (Lipinski definition) is 0. The van der Waals surface area contributed by atoms with Crippen LogP contribution in [0, 0.1) is 11.8 Å². The van der Waals surface area contributed by atoms with Crippen molar-refractivity contribution in [3.63, 3.8) is 0 Å². The summed E-state index contributed by atoms with van der Waals surface area (Å²) < 4.78 is 35.7. The summed E-state index contributed by atoms with van der Waals surface area (Å²) in [5, 5.41) is 7.25. The van der Waals surface area contributed by atoms with Crippen molar-refractivity contribution in [2.24, 2.45) is 0 Å². The molecule has 0 bridgehead atoms. The lowest BCUT2D eigenvalue weighted by Crippen LogP contribution is -1.99. The van der Waals surface area contributed by atoms with Gasteiger partial charge in [0.15, 0.2) is 0 Å². The first-order valence-electron chi connectivity index (χ1n) is 8.85. The van der Waals surface area contributed by atoms with Crippen molar-refractivity contribution in [1.82, 2.24) is 25.1 Å². The van der Waals surface area contributed by atoms with Crippen LogP contribution in [0.3, 0.4) is 0 Å². The maximum Gasteiger partial charge on any atom is 0.314 e. The SMILES string of the molecule is FC(F)c1nnc(-c2ccc(COc3cncc(C#Cc4ccnc(Cl)c4)c3)nc2)o1. The first kappa shape index (κ1) is 20.4. The van der Waals surface area contributed by atoms with Gasteiger partial charge in [-0.3, -0.25) is 9.97 Å². The summed E-state index contributed by atoms with van der Waals surface area (Å²) in [6.45, 7) is 0.172. The Kier molecular flexibility index (Phi) is 6.10. The van der Waals surface area contributed by atoms with E-state index in [-0.39, 0.29) is 12.5 Å². The van der Waals surface area contributed by atoms with Crippen LogP contribution in [0.2, 0.25) is 5.15 Å². The standard InChI is InChI=1S/C21H12ClF2N5O2/c22-18-8-13(5-6-26-18)1-2-14-7-17(11-25-9-14)30-12-16-4-3-15(10-27-16)20-28-29-21(31-20)19(23)24/h3-11,19H,12H2. The molecule has 0 N–H and O–H groups in total. The van der Waals surface area contributed by atoms with E-state index in [4.69, 9.17) is 20.8 Å². The molecule has 7 nitrogen and oxygen atoms in total. The maximum absolute atomic E-state index is 12.6. The average molecular weight is 440 g/mol. The second-order valence-electron chi connectivity index (χ2n) is 6.10. The van der Waals surface area contributed by atoms with Crippen LogP contribution in [0.15, 0.2) is 59.5 Å². The fraction of sp³-hybridized carbons (Fsp3) is 0.0952. The highest BCUT2D eigenvalue weighted by Gasteiger charge is 2.17. The van der Waals surface area contributed by atoms with Gasteiger partial charge in [0.25, 0.3) is 5.89 Å². The number of ether oxygens (including phenoxy) is 1. The van der Waals surface area contributed by atoms with Crippen LogP contribution in [0.1, 0.15) is 29.1 Å². The Hall–Kier alpha value is -3.90. The summed E-state index contributed by atoms with van der Waals surface area (Å²) >= 11 is 5.85. The van der Waals surface area contributed by atoms with Crippen molar-refractivity contribution in [1.29, 1.82) is 0 Å². The Labute approximate surface area is 180 Å². The Morgan fingerprint density at radius 2 is 1.87 bits per heavy atom. The molecular formula is C21H12ClF2N5O2. The number of pyridine rings is 3. The Balaban J connectivity index is 1.40. The van der Waals surface area contributed by atoms with Crippen LogP contribution in [0.25, 0.3) is 11.5 Å². The minimum Gasteiger partial charge on any atom is -0.486 e. The molecule has 31 heavy (non-hydrogen) atoms. The predicted molar refractivity (Wildman–Crippen MR) is 106 cm³/mol. The van der Waals surface area contributed by atoms with Crippen LogP contribution in [0.4, 0.5) is 8.78 Å². The van der Waals surface area contributed by atoms with Gasteiger partial charge in [0.1, 0.15) is 17.5 Å². The van der Waals surface area contributed by atoms with Gasteiger partial charge in [-0.05, 0) is 30.3 Å². The van der Waals surface area contributed by atoms with Gasteiger partial charge in [0.05, 0.1) is 17.5 Å². The van der Waals surface area contributed by atoms with E-state index in [0.717, 1.165) is 5.56 Å². The van der Waals surface area contributed by atoms with Gasteiger partial charge in [0.2, 0.25) is 5.89 Å². The van der Waals surface area contributed by atoms with Crippen LogP contribution in [-0.2, 0) is 6.61 Å². The monoisotopic (exact) mass is 439 g/mol. The molecule has 0 saturated carbocycles. The van der Waals surface area contributed by atoms with Gasteiger partial charge in [-0.2, -0.15) is 8.78 Å². The minimum atomic E-state index is -2.82. The molecule has 0 saturated heterocycles. The summed E-state index contributed by atoms with van der Waals surface area (Å²) in [6.07, 6.45) is 3.39. The third-order valence-electron chi connectivity index (χ3n) is 3.88. The second kappa shape index (κ2) is 9.28. The van der Waals surface area contributed by atoms with Gasteiger partial charge >= 0.3 is 6.43 Å². The zero-order valence-corrected chi connectivity index (χ0v) is 16.4. The fourth-order valence-electron chi connectivity index (χ4n) is 2.42. The topological polar surface area (TPSA) is 86.8 Å². The molecule has 4 aromatic heterocycles. The molecule has 0 radical (unpaired) electrons. The first-order chi connectivity index (χ1) is 15.1. The number of aromatic nitrogens is 5. The summed E-state index contributed by atoms with van der Waals surface area (Å²) in [4.78, 5) is 12.3. The summed E-state index contributed by atoms with van der Waals surface area (Å²) in [6, 6.07) is 8.48. The fourth-order valence-corrected chi connectivity index (χ4v) is 2.60. The molecule has 4 heterocycles. The minimum absolute atomic E-state index is 0.0266. The molecule has 0 spiro atoms. The summed E-state index contributed by atoms with van der Waals surface area (Å²) in [5.74, 6) is 5.73. The molecule has 0 aliphatic carbocycles. The van der Waals surface area contributed by atoms with Crippen LogP contribution >= 0.6 is 11.6 Å². The van der Waals surface area contributed by atoms with Crippen molar-refractivity contribution in [2.45, 2.75) is 13.0 Å². The van der Waals surface area contributed by atoms with Crippen LogP contribution < -0.4 is 4.74 Å². The molecule has 0 aliphatic heterocycles. The van der Waals surface area contributed by atoms with E-state index in [1.54, 1.807) is 48.9 Å². The number of nitrogens with zero attached hydrogens (tertiary/aromatic N) is 5. The van der Waals surface area contributed by atoms with E-state index in [1.165, 1.54) is 6.20 Å². The smallest absolute Gasteiger partial charge is 0.314 e. The number of hydrogen-bond acceptors (Lipinski definition) is 7. The highest BCUT2D eigenvalue weighted by molar-refractivity contribution is 6.29. The largest absolute Gasteiger partial charge is 0.486 e. The van der Waals surface area contributed by atoms with Crippen molar-refractivity contribution >= 4 is 11.6 Å². The molecule has 0 atom stereocenters. The van der Waals surface area contributed by atoms with E-state index in [0.29, 0.717) is 27.7 Å². The van der Waals surface area contributed by atoms with Crippen molar-refractivity contribution in [3.8, 4) is 29.0 Å². The Morgan fingerprint density at radius 3 is 2.61 bits per heavy atom. The van der Waals surface area contributed by atoms with Gasteiger partial charge in [-0.1, -0.05) is 23.4 Å². The number of rotatable bonds is 5. The van der Waals surface area contributed by atoms with Gasteiger partial charge in [-0.15, -0.1) is 10.2 Å².